The molecule has 1 atom stereocenters. The average Bonchev–Trinajstić information content (AvgIpc) is 2.37. The fraction of sp³-hybridized carbons (Fsp3) is 0.385. The summed E-state index contributed by atoms with van der Waals surface area (Å²) in [6.45, 7) is 2.07. The van der Waals surface area contributed by atoms with Gasteiger partial charge in [-0.2, -0.15) is 0 Å². The third-order valence-corrected chi connectivity index (χ3v) is 3.44. The first-order valence-electron chi connectivity index (χ1n) is 5.88. The maximum Gasteiger partial charge on any atom is 0.306 e. The molecule has 104 valence electrons. The Morgan fingerprint density at radius 2 is 2.00 bits per heavy atom. The van der Waals surface area contributed by atoms with Crippen LogP contribution in [0, 0.1) is 5.92 Å². The fourth-order valence-corrected chi connectivity index (χ4v) is 1.77. The monoisotopic (exact) mass is 303 g/mol. The molecule has 0 spiro atoms. The second-order valence-corrected chi connectivity index (χ2v) is 5.08. The SMILES string of the molecule is CC(CCCNC(=O)c1ccc(Cl)c(Cl)c1)C(=O)O. The van der Waals surface area contributed by atoms with Crippen LogP contribution >= 0.6 is 23.2 Å². The van der Waals surface area contributed by atoms with Crippen molar-refractivity contribution >= 4 is 35.1 Å². The van der Waals surface area contributed by atoms with Crippen molar-refractivity contribution in [3.8, 4) is 0 Å². The van der Waals surface area contributed by atoms with E-state index in [-0.39, 0.29) is 5.91 Å². The predicted octanol–water partition coefficient (Wildman–Crippen LogP) is 3.22. The zero-order valence-electron chi connectivity index (χ0n) is 10.5. The van der Waals surface area contributed by atoms with Crippen molar-refractivity contribution in [2.45, 2.75) is 19.8 Å². The van der Waals surface area contributed by atoms with Gasteiger partial charge in [0.05, 0.1) is 16.0 Å². The van der Waals surface area contributed by atoms with E-state index in [0.717, 1.165) is 0 Å². The number of rotatable bonds is 6. The molecule has 0 saturated heterocycles. The molecular weight excluding hydrogens is 289 g/mol. The minimum atomic E-state index is -0.823. The number of hydrogen-bond acceptors (Lipinski definition) is 2. The molecule has 0 bridgehead atoms. The van der Waals surface area contributed by atoms with Crippen LogP contribution in [-0.2, 0) is 4.79 Å². The second kappa shape index (κ2) is 7.36. The molecular formula is C13H15Cl2NO3. The Balaban J connectivity index is 2.39. The van der Waals surface area contributed by atoms with Gasteiger partial charge in [-0.25, -0.2) is 0 Å². The summed E-state index contributed by atoms with van der Waals surface area (Å²) in [5, 5.41) is 12.1. The average molecular weight is 304 g/mol. The van der Waals surface area contributed by atoms with Crippen LogP contribution in [0.25, 0.3) is 0 Å². The first-order valence-corrected chi connectivity index (χ1v) is 6.63. The van der Waals surface area contributed by atoms with E-state index in [0.29, 0.717) is 35.0 Å². The van der Waals surface area contributed by atoms with Crippen LogP contribution in [0.4, 0.5) is 0 Å². The molecule has 0 fully saturated rings. The minimum Gasteiger partial charge on any atom is -0.481 e. The fourth-order valence-electron chi connectivity index (χ4n) is 1.47. The Bertz CT molecular complexity index is 477. The number of hydrogen-bond donors (Lipinski definition) is 2. The van der Waals surface area contributed by atoms with Crippen molar-refractivity contribution in [2.75, 3.05) is 6.54 Å². The number of amides is 1. The number of benzene rings is 1. The van der Waals surface area contributed by atoms with E-state index >= 15 is 0 Å². The second-order valence-electron chi connectivity index (χ2n) is 4.27. The molecule has 0 saturated carbocycles. The zero-order chi connectivity index (χ0) is 14.4. The van der Waals surface area contributed by atoms with Crippen LogP contribution in [0.15, 0.2) is 18.2 Å². The van der Waals surface area contributed by atoms with E-state index < -0.39 is 11.9 Å². The van der Waals surface area contributed by atoms with Crippen molar-refractivity contribution < 1.29 is 14.7 Å². The van der Waals surface area contributed by atoms with E-state index in [1.54, 1.807) is 19.1 Å². The zero-order valence-corrected chi connectivity index (χ0v) is 12.0. The minimum absolute atomic E-state index is 0.249. The predicted molar refractivity (Wildman–Crippen MR) is 74.8 cm³/mol. The number of carboxylic acids is 1. The summed E-state index contributed by atoms with van der Waals surface area (Å²) in [5.41, 5.74) is 0.431. The largest absolute Gasteiger partial charge is 0.481 e. The van der Waals surface area contributed by atoms with Gasteiger partial charge in [-0.15, -0.1) is 0 Å². The molecule has 1 aromatic carbocycles. The topological polar surface area (TPSA) is 66.4 Å². The quantitative estimate of drug-likeness (QED) is 0.793. The van der Waals surface area contributed by atoms with Gasteiger partial charge in [0, 0.05) is 12.1 Å². The smallest absolute Gasteiger partial charge is 0.306 e. The molecule has 0 aliphatic heterocycles. The van der Waals surface area contributed by atoms with E-state index in [1.165, 1.54) is 6.07 Å². The summed E-state index contributed by atoms with van der Waals surface area (Å²) < 4.78 is 0. The van der Waals surface area contributed by atoms with Crippen LogP contribution in [0.1, 0.15) is 30.1 Å². The number of carbonyl (C=O) groups is 2. The number of carbonyl (C=O) groups excluding carboxylic acids is 1. The highest BCUT2D eigenvalue weighted by Gasteiger charge is 2.11. The molecule has 1 amide bonds. The van der Waals surface area contributed by atoms with Gasteiger partial charge in [-0.3, -0.25) is 9.59 Å². The number of nitrogens with one attached hydrogen (secondary N) is 1. The normalized spacial score (nSPS) is 11.9. The first-order chi connectivity index (χ1) is 8.91. The summed E-state index contributed by atoms with van der Waals surface area (Å²) >= 11 is 11.6. The molecule has 19 heavy (non-hydrogen) atoms. The molecule has 0 heterocycles. The summed E-state index contributed by atoms with van der Waals surface area (Å²) in [4.78, 5) is 22.4. The lowest BCUT2D eigenvalue weighted by molar-refractivity contribution is -0.141. The van der Waals surface area contributed by atoms with Gasteiger partial charge in [-0.1, -0.05) is 30.1 Å². The Kier molecular flexibility index (Phi) is 6.12. The molecule has 6 heteroatoms. The van der Waals surface area contributed by atoms with Gasteiger partial charge in [-0.05, 0) is 31.0 Å². The first kappa shape index (κ1) is 15.8. The third kappa shape index (κ3) is 5.09. The van der Waals surface area contributed by atoms with E-state index in [2.05, 4.69) is 5.32 Å². The van der Waals surface area contributed by atoms with Crippen molar-refractivity contribution in [2.24, 2.45) is 5.92 Å². The van der Waals surface area contributed by atoms with E-state index in [9.17, 15) is 9.59 Å². The molecule has 1 rings (SSSR count). The Morgan fingerprint density at radius 1 is 1.32 bits per heavy atom. The van der Waals surface area contributed by atoms with E-state index in [4.69, 9.17) is 28.3 Å². The molecule has 4 nitrogen and oxygen atoms in total. The molecule has 0 aliphatic carbocycles. The summed E-state index contributed by atoms with van der Waals surface area (Å²) in [6.07, 6.45) is 1.14. The van der Waals surface area contributed by atoms with Crippen LogP contribution in [0.2, 0.25) is 10.0 Å². The van der Waals surface area contributed by atoms with Gasteiger partial charge < -0.3 is 10.4 Å². The molecule has 1 unspecified atom stereocenters. The Labute approximate surface area is 121 Å². The summed E-state index contributed by atoms with van der Waals surface area (Å²) in [7, 11) is 0. The lowest BCUT2D eigenvalue weighted by Crippen LogP contribution is -2.25. The summed E-state index contributed by atoms with van der Waals surface area (Å²) in [6, 6.07) is 4.65. The highest BCUT2D eigenvalue weighted by Crippen LogP contribution is 2.22. The van der Waals surface area contributed by atoms with Crippen molar-refractivity contribution in [3.63, 3.8) is 0 Å². The third-order valence-electron chi connectivity index (χ3n) is 2.70. The lowest BCUT2D eigenvalue weighted by atomic mass is 10.1. The maximum absolute atomic E-state index is 11.8. The van der Waals surface area contributed by atoms with Crippen molar-refractivity contribution in [1.82, 2.24) is 5.32 Å². The highest BCUT2D eigenvalue weighted by atomic mass is 35.5. The van der Waals surface area contributed by atoms with Crippen molar-refractivity contribution in [1.29, 1.82) is 0 Å². The molecule has 2 N–H and O–H groups in total. The van der Waals surface area contributed by atoms with Gasteiger partial charge in [0.1, 0.15) is 0 Å². The Hall–Kier alpha value is -1.26. The standard InChI is InChI=1S/C13H15Cl2NO3/c1-8(13(18)19)3-2-6-16-12(17)9-4-5-10(14)11(15)7-9/h4-5,7-8H,2-3,6H2,1H3,(H,16,17)(H,18,19). The lowest BCUT2D eigenvalue weighted by Gasteiger charge is -2.08. The van der Waals surface area contributed by atoms with Crippen LogP contribution in [-0.4, -0.2) is 23.5 Å². The molecule has 1 aromatic rings. The van der Waals surface area contributed by atoms with Gasteiger partial charge in [0.15, 0.2) is 0 Å². The highest BCUT2D eigenvalue weighted by molar-refractivity contribution is 6.42. The molecule has 0 aromatic heterocycles. The molecule has 0 radical (unpaired) electrons. The number of aliphatic carboxylic acids is 1. The van der Waals surface area contributed by atoms with Gasteiger partial charge >= 0.3 is 5.97 Å². The van der Waals surface area contributed by atoms with Crippen LogP contribution < -0.4 is 5.32 Å². The van der Waals surface area contributed by atoms with Gasteiger partial charge in [0.25, 0.3) is 5.91 Å². The van der Waals surface area contributed by atoms with Crippen LogP contribution in [0.5, 0.6) is 0 Å². The summed E-state index contributed by atoms with van der Waals surface area (Å²) in [5.74, 6) is -1.47. The van der Waals surface area contributed by atoms with Gasteiger partial charge in [0.2, 0.25) is 0 Å². The number of carboxylic acid groups (broad SMARTS) is 1. The molecule has 0 aliphatic rings. The number of halogens is 2. The van der Waals surface area contributed by atoms with Crippen molar-refractivity contribution in [3.05, 3.63) is 33.8 Å². The maximum atomic E-state index is 11.8. The Morgan fingerprint density at radius 3 is 2.58 bits per heavy atom. The van der Waals surface area contributed by atoms with Crippen LogP contribution in [0.3, 0.4) is 0 Å². The van der Waals surface area contributed by atoms with E-state index in [1.807, 2.05) is 0 Å².